The second-order valence-electron chi connectivity index (χ2n) is 2.88. The van der Waals surface area contributed by atoms with E-state index < -0.39 is 11.4 Å². The van der Waals surface area contributed by atoms with Crippen LogP contribution in [0, 0.1) is 0 Å². The molecule has 0 fully saturated rings. The summed E-state index contributed by atoms with van der Waals surface area (Å²) in [7, 11) is 0. The molecule has 0 spiro atoms. The maximum absolute atomic E-state index is 11.6. The van der Waals surface area contributed by atoms with Crippen molar-refractivity contribution in [1.29, 1.82) is 0 Å². The highest BCUT2D eigenvalue weighted by Gasteiger charge is 2.10. The lowest BCUT2D eigenvalue weighted by Gasteiger charge is -1.98. The zero-order valence-corrected chi connectivity index (χ0v) is 9.15. The largest absolute Gasteiger partial charge is 0.477 e. The van der Waals surface area contributed by atoms with Crippen LogP contribution in [0.15, 0.2) is 35.3 Å². The van der Waals surface area contributed by atoms with Gasteiger partial charge in [0.05, 0.1) is 0 Å². The third kappa shape index (κ3) is 2.11. The fourth-order valence-corrected chi connectivity index (χ4v) is 1.33. The number of hydrogen-bond donors (Lipinski definition) is 2. The molecule has 2 rings (SSSR count). The van der Waals surface area contributed by atoms with E-state index in [0.29, 0.717) is 10.9 Å². The van der Waals surface area contributed by atoms with Crippen molar-refractivity contribution in [3.8, 4) is 0 Å². The SMILES string of the molecule is CC.O=C(O)c1c[nH]c2ccccc2c1=O. The van der Waals surface area contributed by atoms with Gasteiger partial charge in [0, 0.05) is 17.1 Å². The van der Waals surface area contributed by atoms with E-state index in [1.807, 2.05) is 13.8 Å². The first-order valence-electron chi connectivity index (χ1n) is 5.04. The van der Waals surface area contributed by atoms with Gasteiger partial charge in [0.2, 0.25) is 5.43 Å². The molecule has 0 amide bonds. The monoisotopic (exact) mass is 219 g/mol. The van der Waals surface area contributed by atoms with Gasteiger partial charge in [-0.1, -0.05) is 26.0 Å². The van der Waals surface area contributed by atoms with E-state index >= 15 is 0 Å². The lowest BCUT2D eigenvalue weighted by Crippen LogP contribution is -2.14. The third-order valence-electron chi connectivity index (χ3n) is 2.02. The van der Waals surface area contributed by atoms with Gasteiger partial charge >= 0.3 is 5.97 Å². The molecule has 0 atom stereocenters. The van der Waals surface area contributed by atoms with E-state index in [1.165, 1.54) is 6.20 Å². The summed E-state index contributed by atoms with van der Waals surface area (Å²) in [6.07, 6.45) is 1.22. The van der Waals surface area contributed by atoms with Gasteiger partial charge < -0.3 is 10.1 Å². The van der Waals surface area contributed by atoms with Crippen molar-refractivity contribution in [1.82, 2.24) is 4.98 Å². The molecule has 0 saturated heterocycles. The van der Waals surface area contributed by atoms with Crippen LogP contribution in [0.25, 0.3) is 10.9 Å². The van der Waals surface area contributed by atoms with Gasteiger partial charge in [0.15, 0.2) is 0 Å². The van der Waals surface area contributed by atoms with Crippen molar-refractivity contribution in [3.63, 3.8) is 0 Å². The summed E-state index contributed by atoms with van der Waals surface area (Å²) >= 11 is 0. The van der Waals surface area contributed by atoms with Crippen molar-refractivity contribution in [2.45, 2.75) is 13.8 Å². The highest BCUT2D eigenvalue weighted by Crippen LogP contribution is 2.06. The first kappa shape index (κ1) is 12.0. The Balaban J connectivity index is 0.000000606. The summed E-state index contributed by atoms with van der Waals surface area (Å²) < 4.78 is 0. The van der Waals surface area contributed by atoms with Crippen LogP contribution in [0.5, 0.6) is 0 Å². The van der Waals surface area contributed by atoms with E-state index in [-0.39, 0.29) is 5.56 Å². The zero-order valence-electron chi connectivity index (χ0n) is 9.15. The second kappa shape index (κ2) is 5.11. The average molecular weight is 219 g/mol. The predicted octanol–water partition coefficient (Wildman–Crippen LogP) is 2.25. The Morgan fingerprint density at radius 1 is 1.25 bits per heavy atom. The van der Waals surface area contributed by atoms with Crippen molar-refractivity contribution in [3.05, 3.63) is 46.2 Å². The number of hydrogen-bond acceptors (Lipinski definition) is 2. The first-order valence-corrected chi connectivity index (χ1v) is 5.04. The maximum atomic E-state index is 11.6. The number of aromatic amines is 1. The summed E-state index contributed by atoms with van der Waals surface area (Å²) in [6, 6.07) is 6.80. The molecule has 16 heavy (non-hydrogen) atoms. The molecular weight excluding hydrogens is 206 g/mol. The summed E-state index contributed by atoms with van der Waals surface area (Å²) in [6.45, 7) is 4.00. The second-order valence-corrected chi connectivity index (χ2v) is 2.88. The summed E-state index contributed by atoms with van der Waals surface area (Å²) in [5.41, 5.74) is -0.0435. The molecule has 0 unspecified atom stereocenters. The number of carboxylic acids is 1. The molecule has 4 heteroatoms. The van der Waals surface area contributed by atoms with Gasteiger partial charge in [0.1, 0.15) is 5.56 Å². The number of aromatic carboxylic acids is 1. The molecule has 1 aromatic heterocycles. The molecule has 2 N–H and O–H groups in total. The molecule has 1 aromatic carbocycles. The standard InChI is InChI=1S/C10H7NO3.C2H6/c12-9-6-3-1-2-4-8(6)11-5-7(9)10(13)14;1-2/h1-5H,(H,11,12)(H,13,14);1-2H3. The minimum Gasteiger partial charge on any atom is -0.477 e. The molecule has 0 aliphatic rings. The van der Waals surface area contributed by atoms with E-state index in [1.54, 1.807) is 24.3 Å². The summed E-state index contributed by atoms with van der Waals surface area (Å²) in [4.78, 5) is 25.0. The topological polar surface area (TPSA) is 70.2 Å². The molecule has 0 aliphatic carbocycles. The Morgan fingerprint density at radius 2 is 1.88 bits per heavy atom. The number of benzene rings is 1. The lowest BCUT2D eigenvalue weighted by molar-refractivity contribution is 0.0695. The molecule has 0 radical (unpaired) electrons. The van der Waals surface area contributed by atoms with Gasteiger partial charge in [0.25, 0.3) is 0 Å². The highest BCUT2D eigenvalue weighted by molar-refractivity contribution is 5.92. The van der Waals surface area contributed by atoms with Crippen LogP contribution in [0.1, 0.15) is 24.2 Å². The number of pyridine rings is 1. The Bertz CT molecular complexity index is 557. The van der Waals surface area contributed by atoms with E-state index in [0.717, 1.165) is 0 Å². The molecule has 0 saturated carbocycles. The Morgan fingerprint density at radius 3 is 2.50 bits per heavy atom. The number of H-pyrrole nitrogens is 1. The van der Waals surface area contributed by atoms with Gasteiger partial charge in [-0.2, -0.15) is 0 Å². The molecule has 84 valence electrons. The first-order chi connectivity index (χ1) is 7.70. The van der Waals surface area contributed by atoms with Crippen molar-refractivity contribution in [2.75, 3.05) is 0 Å². The van der Waals surface area contributed by atoms with Crippen molar-refractivity contribution < 1.29 is 9.90 Å². The minimum atomic E-state index is -1.21. The number of carbonyl (C=O) groups is 1. The molecule has 4 nitrogen and oxygen atoms in total. The Labute approximate surface area is 92.6 Å². The number of rotatable bonds is 1. The molecule has 1 heterocycles. The van der Waals surface area contributed by atoms with Crippen LogP contribution in [-0.2, 0) is 0 Å². The van der Waals surface area contributed by atoms with Gasteiger partial charge in [-0.25, -0.2) is 4.79 Å². The summed E-state index contributed by atoms with van der Waals surface area (Å²) in [5.74, 6) is -1.21. The van der Waals surface area contributed by atoms with Gasteiger partial charge in [-0.05, 0) is 12.1 Å². The molecule has 0 aliphatic heterocycles. The predicted molar refractivity (Wildman–Crippen MR) is 62.9 cm³/mol. The van der Waals surface area contributed by atoms with Crippen molar-refractivity contribution in [2.24, 2.45) is 0 Å². The third-order valence-corrected chi connectivity index (χ3v) is 2.02. The van der Waals surface area contributed by atoms with Crippen LogP contribution in [-0.4, -0.2) is 16.1 Å². The fourth-order valence-electron chi connectivity index (χ4n) is 1.33. The normalized spacial score (nSPS) is 9.38. The van der Waals surface area contributed by atoms with Crippen LogP contribution < -0.4 is 5.43 Å². The number of fused-ring (bicyclic) bond motifs is 1. The smallest absolute Gasteiger partial charge is 0.341 e. The Kier molecular flexibility index (Phi) is 3.83. The fraction of sp³-hybridized carbons (Fsp3) is 0.167. The van der Waals surface area contributed by atoms with E-state index in [2.05, 4.69) is 4.98 Å². The maximum Gasteiger partial charge on any atom is 0.341 e. The van der Waals surface area contributed by atoms with Crippen molar-refractivity contribution >= 4 is 16.9 Å². The number of para-hydroxylation sites is 1. The lowest BCUT2D eigenvalue weighted by atomic mass is 10.1. The number of aromatic nitrogens is 1. The quantitative estimate of drug-likeness (QED) is 0.772. The molecule has 0 bridgehead atoms. The highest BCUT2D eigenvalue weighted by atomic mass is 16.4. The van der Waals surface area contributed by atoms with Crippen LogP contribution in [0.4, 0.5) is 0 Å². The minimum absolute atomic E-state index is 0.233. The van der Waals surface area contributed by atoms with E-state index in [9.17, 15) is 9.59 Å². The average Bonchev–Trinajstić information content (AvgIpc) is 2.32. The van der Waals surface area contributed by atoms with Crippen LogP contribution >= 0.6 is 0 Å². The summed E-state index contributed by atoms with van der Waals surface area (Å²) in [5, 5.41) is 9.10. The van der Waals surface area contributed by atoms with Crippen LogP contribution in [0.3, 0.4) is 0 Å². The number of carboxylic acid groups (broad SMARTS) is 1. The zero-order chi connectivity index (χ0) is 12.1. The van der Waals surface area contributed by atoms with Gasteiger partial charge in [-0.3, -0.25) is 4.79 Å². The molecule has 2 aromatic rings. The Hall–Kier alpha value is -2.10. The molecular formula is C12H13NO3. The van der Waals surface area contributed by atoms with E-state index in [4.69, 9.17) is 5.11 Å². The van der Waals surface area contributed by atoms with Crippen LogP contribution in [0.2, 0.25) is 0 Å². The van der Waals surface area contributed by atoms with Gasteiger partial charge in [-0.15, -0.1) is 0 Å². The number of nitrogens with one attached hydrogen (secondary N) is 1.